The van der Waals surface area contributed by atoms with Crippen LogP contribution in [-0.4, -0.2) is 57.1 Å². The zero-order valence-electron chi connectivity index (χ0n) is 20.0. The van der Waals surface area contributed by atoms with Crippen molar-refractivity contribution in [1.29, 1.82) is 0 Å². The molecule has 0 aliphatic heterocycles. The first-order valence-corrected chi connectivity index (χ1v) is 12.1. The summed E-state index contributed by atoms with van der Waals surface area (Å²) >= 11 is 0. The summed E-state index contributed by atoms with van der Waals surface area (Å²) in [5, 5.41) is 31.7. The Morgan fingerprint density at radius 2 is 1.91 bits per heavy atom. The molecule has 3 fully saturated rings. The highest BCUT2D eigenvalue weighted by Gasteiger charge is 2.68. The maximum atomic E-state index is 13.1. The van der Waals surface area contributed by atoms with Crippen LogP contribution in [0.5, 0.6) is 0 Å². The van der Waals surface area contributed by atoms with Crippen LogP contribution >= 0.6 is 0 Å². The van der Waals surface area contributed by atoms with Crippen LogP contribution in [0.25, 0.3) is 0 Å². The lowest BCUT2D eigenvalue weighted by Gasteiger charge is -2.60. The monoisotopic (exact) mass is 474 g/mol. The largest absolute Gasteiger partial charge is 0.481 e. The molecule has 3 N–H and O–H groups in total. The van der Waals surface area contributed by atoms with Gasteiger partial charge in [-0.25, -0.2) is 0 Å². The number of Topliss-reactive ketones (excluding diaryl/α,β-unsaturated/α-hetero) is 1. The number of hydrogen-bond acceptors (Lipinski definition) is 7. The lowest BCUT2D eigenvalue weighted by molar-refractivity contribution is -0.182. The maximum absolute atomic E-state index is 13.1. The zero-order chi connectivity index (χ0) is 25.1. The molecule has 4 rings (SSSR count). The van der Waals surface area contributed by atoms with Gasteiger partial charge in [-0.05, 0) is 55.6 Å². The third kappa shape index (κ3) is 3.66. The lowest BCUT2D eigenvalue weighted by Crippen LogP contribution is -2.62. The third-order valence-corrected chi connectivity index (χ3v) is 9.34. The fourth-order valence-electron chi connectivity index (χ4n) is 7.76. The minimum atomic E-state index is -1.74. The number of ketones is 2. The van der Waals surface area contributed by atoms with E-state index in [0.29, 0.717) is 6.42 Å². The number of carboxylic acid groups (broad SMARTS) is 1. The molecule has 0 bridgehead atoms. The third-order valence-electron chi connectivity index (χ3n) is 9.34. The summed E-state index contributed by atoms with van der Waals surface area (Å²) in [5.74, 6) is -2.51. The maximum Gasteiger partial charge on any atom is 0.306 e. The van der Waals surface area contributed by atoms with Gasteiger partial charge in [-0.1, -0.05) is 32.4 Å². The summed E-state index contributed by atoms with van der Waals surface area (Å²) in [5.41, 5.74) is -2.04. The standard InChI is InChI=1S/C26H34O8/c1-14-10-16-17-7-9-26(33,20(29)13-34-22(32)5-4-21(30)31)25(17,3)12-19(28)23(16)24(2)8-6-15(27)11-18(14)24/h6,8,11,14,16-17,19,23,28,33H,4-5,7,9-10,12-13H2,1-3H3,(H,30,31)/t14-,16-,17-,19-,23+,24-,25-,26-/m1/s1. The van der Waals surface area contributed by atoms with Crippen LogP contribution < -0.4 is 0 Å². The second kappa shape index (κ2) is 8.41. The van der Waals surface area contributed by atoms with Gasteiger partial charge < -0.3 is 20.1 Å². The van der Waals surface area contributed by atoms with Crippen molar-refractivity contribution in [2.24, 2.45) is 34.5 Å². The van der Waals surface area contributed by atoms with E-state index >= 15 is 0 Å². The Balaban J connectivity index is 1.56. The summed E-state index contributed by atoms with van der Waals surface area (Å²) in [6, 6.07) is 0. The van der Waals surface area contributed by atoms with Gasteiger partial charge in [-0.15, -0.1) is 0 Å². The Hall–Kier alpha value is -2.32. The number of allylic oxidation sites excluding steroid dienone is 4. The first kappa shape index (κ1) is 24.8. The topological polar surface area (TPSA) is 138 Å². The molecule has 0 aromatic rings. The number of aliphatic hydroxyl groups is 2. The average Bonchev–Trinajstić information content (AvgIpc) is 3.03. The van der Waals surface area contributed by atoms with Gasteiger partial charge in [0.05, 0.1) is 18.9 Å². The molecule has 4 aliphatic carbocycles. The van der Waals surface area contributed by atoms with E-state index in [1.165, 1.54) is 0 Å². The molecule has 0 amide bonds. The summed E-state index contributed by atoms with van der Waals surface area (Å²) in [6.07, 6.45) is 5.52. The number of aliphatic carboxylic acids is 1. The SMILES string of the molecule is C[C@@H]1C[C@H]2[C@@H]([C@H](O)C[C@]3(C)[C@@H]2CC[C@@]3(O)C(=O)COC(=O)CCC(=O)O)[C@]2(C)C=CC(=O)C=C12. The van der Waals surface area contributed by atoms with Gasteiger partial charge in [0, 0.05) is 16.7 Å². The first-order chi connectivity index (χ1) is 15.8. The highest BCUT2D eigenvalue weighted by Crippen LogP contribution is 2.67. The molecule has 0 heterocycles. The van der Waals surface area contributed by atoms with E-state index in [4.69, 9.17) is 9.84 Å². The number of aliphatic hydroxyl groups excluding tert-OH is 1. The number of fused-ring (bicyclic) bond motifs is 5. The van der Waals surface area contributed by atoms with Gasteiger partial charge >= 0.3 is 11.9 Å². The van der Waals surface area contributed by atoms with Gasteiger partial charge in [0.15, 0.2) is 12.4 Å². The highest BCUT2D eigenvalue weighted by molar-refractivity contribution is 6.01. The van der Waals surface area contributed by atoms with Crippen LogP contribution in [0.2, 0.25) is 0 Å². The lowest BCUT2D eigenvalue weighted by atomic mass is 9.45. The fourth-order valence-corrected chi connectivity index (χ4v) is 7.76. The predicted octanol–water partition coefficient (Wildman–Crippen LogP) is 2.22. The number of ether oxygens (including phenoxy) is 1. The van der Waals surface area contributed by atoms with Crippen molar-refractivity contribution in [1.82, 2.24) is 0 Å². The molecule has 0 aromatic heterocycles. The van der Waals surface area contributed by atoms with Gasteiger partial charge in [-0.3, -0.25) is 19.2 Å². The van der Waals surface area contributed by atoms with Crippen molar-refractivity contribution < 1.29 is 39.2 Å². The van der Waals surface area contributed by atoms with Crippen LogP contribution in [0.3, 0.4) is 0 Å². The van der Waals surface area contributed by atoms with Crippen LogP contribution in [0.1, 0.15) is 59.3 Å². The number of esters is 1. The molecule has 4 aliphatic rings. The normalized spacial score (nSPS) is 42.8. The summed E-state index contributed by atoms with van der Waals surface area (Å²) in [6.45, 7) is 5.40. The summed E-state index contributed by atoms with van der Waals surface area (Å²) < 4.78 is 4.98. The average molecular weight is 475 g/mol. The second-order valence-corrected chi connectivity index (χ2v) is 11.1. The number of carboxylic acids is 1. The molecule has 34 heavy (non-hydrogen) atoms. The first-order valence-electron chi connectivity index (χ1n) is 12.1. The van der Waals surface area contributed by atoms with Crippen molar-refractivity contribution in [2.75, 3.05) is 6.61 Å². The zero-order valence-corrected chi connectivity index (χ0v) is 20.0. The summed E-state index contributed by atoms with van der Waals surface area (Å²) in [7, 11) is 0. The molecule has 186 valence electrons. The molecule has 8 nitrogen and oxygen atoms in total. The molecule has 8 heteroatoms. The van der Waals surface area contributed by atoms with Crippen molar-refractivity contribution in [2.45, 2.75) is 71.0 Å². The van der Waals surface area contributed by atoms with Crippen LogP contribution in [0.4, 0.5) is 0 Å². The van der Waals surface area contributed by atoms with E-state index in [1.54, 1.807) is 12.2 Å². The summed E-state index contributed by atoms with van der Waals surface area (Å²) in [4.78, 5) is 47.7. The number of rotatable bonds is 6. The van der Waals surface area contributed by atoms with E-state index in [1.807, 2.05) is 13.0 Å². The number of carbonyl (C=O) groups is 4. The van der Waals surface area contributed by atoms with Gasteiger partial charge in [0.1, 0.15) is 5.60 Å². The van der Waals surface area contributed by atoms with Crippen molar-refractivity contribution in [3.8, 4) is 0 Å². The quantitative estimate of drug-likeness (QED) is 0.498. The minimum Gasteiger partial charge on any atom is -0.481 e. The van der Waals surface area contributed by atoms with Gasteiger partial charge in [0.25, 0.3) is 0 Å². The molecule has 3 saturated carbocycles. The van der Waals surface area contributed by atoms with Gasteiger partial charge in [0.2, 0.25) is 5.78 Å². The molecule has 8 atom stereocenters. The van der Waals surface area contributed by atoms with Crippen LogP contribution in [0, 0.1) is 34.5 Å². The fraction of sp³-hybridized carbons (Fsp3) is 0.692. The molecule has 0 aromatic carbocycles. The smallest absolute Gasteiger partial charge is 0.306 e. The second-order valence-electron chi connectivity index (χ2n) is 11.1. The van der Waals surface area contributed by atoms with E-state index in [2.05, 4.69) is 13.8 Å². The van der Waals surface area contributed by atoms with Gasteiger partial charge in [-0.2, -0.15) is 0 Å². The highest BCUT2D eigenvalue weighted by atomic mass is 16.5. The van der Waals surface area contributed by atoms with Crippen LogP contribution in [-0.2, 0) is 23.9 Å². The van der Waals surface area contributed by atoms with Crippen LogP contribution in [0.15, 0.2) is 23.8 Å². The Bertz CT molecular complexity index is 981. The number of carbonyl (C=O) groups excluding carboxylic acids is 3. The van der Waals surface area contributed by atoms with Crippen molar-refractivity contribution >= 4 is 23.5 Å². The number of hydrogen-bond donors (Lipinski definition) is 3. The van der Waals surface area contributed by atoms with E-state index in [0.717, 1.165) is 12.0 Å². The molecule has 0 unspecified atom stereocenters. The molecule has 0 saturated heterocycles. The molecular formula is C26H34O8. The Morgan fingerprint density at radius 1 is 1.21 bits per heavy atom. The minimum absolute atomic E-state index is 0.00980. The van der Waals surface area contributed by atoms with E-state index < -0.39 is 46.9 Å². The Kier molecular flexibility index (Phi) is 6.13. The van der Waals surface area contributed by atoms with Crippen molar-refractivity contribution in [3.63, 3.8) is 0 Å². The molecular weight excluding hydrogens is 440 g/mol. The van der Waals surface area contributed by atoms with E-state index in [-0.39, 0.29) is 55.1 Å². The molecule has 0 radical (unpaired) electrons. The molecule has 0 spiro atoms. The van der Waals surface area contributed by atoms with Crippen molar-refractivity contribution in [3.05, 3.63) is 23.8 Å². The Labute approximate surface area is 199 Å². The Morgan fingerprint density at radius 3 is 2.59 bits per heavy atom. The predicted molar refractivity (Wildman–Crippen MR) is 120 cm³/mol. The van der Waals surface area contributed by atoms with E-state index in [9.17, 15) is 29.4 Å².